The van der Waals surface area contributed by atoms with Gasteiger partial charge < -0.3 is 5.32 Å². The largest absolute Gasteiger partial charge is 0.351 e. The monoisotopic (exact) mass is 404 g/mol. The van der Waals surface area contributed by atoms with E-state index in [1.165, 1.54) is 4.31 Å². The maximum Gasteiger partial charge on any atom is 0.243 e. The predicted molar refractivity (Wildman–Crippen MR) is 104 cm³/mol. The molecule has 4 rings (SSSR count). The van der Waals surface area contributed by atoms with Crippen molar-refractivity contribution in [3.63, 3.8) is 0 Å². The number of nitrogens with zero attached hydrogens (tertiary/aromatic N) is 1. The molecule has 1 N–H and O–H groups in total. The molecule has 1 unspecified atom stereocenters. The maximum absolute atomic E-state index is 12.9. The molecule has 142 valence electrons. The maximum atomic E-state index is 12.9. The van der Waals surface area contributed by atoms with Crippen LogP contribution in [0.1, 0.15) is 24.8 Å². The van der Waals surface area contributed by atoms with Crippen molar-refractivity contribution in [3.05, 3.63) is 65.2 Å². The third-order valence-corrected chi connectivity index (χ3v) is 7.58. The lowest BCUT2D eigenvalue weighted by molar-refractivity contribution is -0.124. The van der Waals surface area contributed by atoms with Crippen molar-refractivity contribution in [3.8, 4) is 0 Å². The van der Waals surface area contributed by atoms with Gasteiger partial charge in [0.1, 0.15) is 0 Å². The second-order valence-electron chi connectivity index (χ2n) is 7.22. The number of carbonyl (C=O) groups excluding carboxylic acids is 1. The van der Waals surface area contributed by atoms with Crippen LogP contribution < -0.4 is 5.32 Å². The van der Waals surface area contributed by atoms with Crippen LogP contribution in [-0.4, -0.2) is 37.8 Å². The summed E-state index contributed by atoms with van der Waals surface area (Å²) in [4.78, 5) is 13.2. The van der Waals surface area contributed by atoms with Crippen molar-refractivity contribution in [2.45, 2.75) is 35.6 Å². The molecule has 7 heteroatoms. The van der Waals surface area contributed by atoms with Crippen molar-refractivity contribution in [2.24, 2.45) is 0 Å². The molecule has 1 aliphatic heterocycles. The number of hydrogen-bond donors (Lipinski definition) is 1. The zero-order valence-electron chi connectivity index (χ0n) is 14.8. The third-order valence-electron chi connectivity index (χ3n) is 5.45. The second-order valence-corrected chi connectivity index (χ2v) is 9.60. The molecule has 1 saturated carbocycles. The Morgan fingerprint density at radius 2 is 1.74 bits per heavy atom. The molecule has 1 amide bonds. The molecule has 5 nitrogen and oxygen atoms in total. The quantitative estimate of drug-likeness (QED) is 0.833. The molecule has 2 fully saturated rings. The first kappa shape index (κ1) is 18.5. The van der Waals surface area contributed by atoms with Crippen LogP contribution >= 0.6 is 11.6 Å². The van der Waals surface area contributed by atoms with Gasteiger partial charge in [0.25, 0.3) is 0 Å². The molecule has 0 radical (unpaired) electrons. The number of hydrogen-bond acceptors (Lipinski definition) is 3. The van der Waals surface area contributed by atoms with E-state index in [-0.39, 0.29) is 16.8 Å². The van der Waals surface area contributed by atoms with Crippen LogP contribution in [0.4, 0.5) is 0 Å². The lowest BCUT2D eigenvalue weighted by Crippen LogP contribution is -2.43. The fourth-order valence-corrected chi connectivity index (χ4v) is 5.32. The van der Waals surface area contributed by atoms with E-state index in [1.807, 2.05) is 12.1 Å². The minimum atomic E-state index is -3.52. The van der Waals surface area contributed by atoms with E-state index in [4.69, 9.17) is 11.6 Å². The van der Waals surface area contributed by atoms with Gasteiger partial charge in [0, 0.05) is 24.2 Å². The van der Waals surface area contributed by atoms with Crippen LogP contribution in [0.25, 0.3) is 0 Å². The Morgan fingerprint density at radius 1 is 1.07 bits per heavy atom. The highest BCUT2D eigenvalue weighted by Crippen LogP contribution is 2.48. The predicted octanol–water partition coefficient (Wildman–Crippen LogP) is 2.95. The van der Waals surface area contributed by atoms with E-state index in [2.05, 4.69) is 5.32 Å². The lowest BCUT2D eigenvalue weighted by Gasteiger charge is -2.20. The zero-order valence-corrected chi connectivity index (χ0v) is 16.3. The highest BCUT2D eigenvalue weighted by Gasteiger charge is 2.52. The van der Waals surface area contributed by atoms with E-state index in [1.54, 1.807) is 42.5 Å². The Kier molecular flexibility index (Phi) is 4.74. The van der Waals surface area contributed by atoms with E-state index in [0.29, 0.717) is 24.5 Å². The topological polar surface area (TPSA) is 66.5 Å². The number of benzene rings is 2. The minimum absolute atomic E-state index is 0.0196. The summed E-state index contributed by atoms with van der Waals surface area (Å²) in [5.74, 6) is -0.0196. The molecule has 2 aromatic carbocycles. The van der Waals surface area contributed by atoms with Crippen LogP contribution in [-0.2, 0) is 20.2 Å². The number of amides is 1. The Bertz CT molecular complexity index is 941. The second kappa shape index (κ2) is 6.93. The number of halogens is 1. The standard InChI is InChI=1S/C20H21ClN2O3S/c21-16-8-6-15(7-9-16)20(11-12-20)19(24)22-17-10-13-23(14-17)27(25,26)18-4-2-1-3-5-18/h1-9,17H,10-14H2,(H,22,24). The summed E-state index contributed by atoms with van der Waals surface area (Å²) in [7, 11) is -3.52. The molecule has 1 heterocycles. The summed E-state index contributed by atoms with van der Waals surface area (Å²) < 4.78 is 26.9. The molecule has 1 atom stereocenters. The zero-order chi connectivity index (χ0) is 19.1. The van der Waals surface area contributed by atoms with Gasteiger partial charge in [-0.25, -0.2) is 8.42 Å². The molecule has 0 spiro atoms. The molecular formula is C20H21ClN2O3S. The van der Waals surface area contributed by atoms with Crippen molar-refractivity contribution in [2.75, 3.05) is 13.1 Å². The number of sulfonamides is 1. The van der Waals surface area contributed by atoms with Crippen LogP contribution in [0.5, 0.6) is 0 Å². The van der Waals surface area contributed by atoms with Crippen molar-refractivity contribution < 1.29 is 13.2 Å². The molecule has 0 bridgehead atoms. The van der Waals surface area contributed by atoms with Crippen molar-refractivity contribution in [1.82, 2.24) is 9.62 Å². The highest BCUT2D eigenvalue weighted by molar-refractivity contribution is 7.89. The summed E-state index contributed by atoms with van der Waals surface area (Å²) >= 11 is 5.95. The molecule has 1 saturated heterocycles. The molecule has 27 heavy (non-hydrogen) atoms. The average molecular weight is 405 g/mol. The summed E-state index contributed by atoms with van der Waals surface area (Å²) in [5, 5.41) is 3.72. The molecule has 0 aromatic heterocycles. The first-order valence-electron chi connectivity index (χ1n) is 9.04. The third kappa shape index (κ3) is 3.49. The lowest BCUT2D eigenvalue weighted by atomic mass is 9.94. The summed E-state index contributed by atoms with van der Waals surface area (Å²) in [6.07, 6.45) is 2.23. The fourth-order valence-electron chi connectivity index (χ4n) is 3.67. The fraction of sp³-hybridized carbons (Fsp3) is 0.350. The minimum Gasteiger partial charge on any atom is -0.351 e. The van der Waals surface area contributed by atoms with Crippen LogP contribution in [0, 0.1) is 0 Å². The number of rotatable bonds is 5. The van der Waals surface area contributed by atoms with E-state index < -0.39 is 15.4 Å². The number of nitrogens with one attached hydrogen (secondary N) is 1. The molecule has 1 aliphatic carbocycles. The van der Waals surface area contributed by atoms with E-state index in [9.17, 15) is 13.2 Å². The first-order chi connectivity index (χ1) is 12.9. The van der Waals surface area contributed by atoms with Gasteiger partial charge in [0.2, 0.25) is 15.9 Å². The van der Waals surface area contributed by atoms with E-state index in [0.717, 1.165) is 18.4 Å². The first-order valence-corrected chi connectivity index (χ1v) is 10.9. The van der Waals surface area contributed by atoms with Crippen molar-refractivity contribution >= 4 is 27.5 Å². The van der Waals surface area contributed by atoms with Gasteiger partial charge in [-0.1, -0.05) is 41.9 Å². The Labute approximate surface area is 164 Å². The normalized spacial score (nSPS) is 21.7. The van der Waals surface area contributed by atoms with Gasteiger partial charge in [-0.05, 0) is 49.1 Å². The smallest absolute Gasteiger partial charge is 0.243 e. The van der Waals surface area contributed by atoms with Gasteiger partial charge in [-0.15, -0.1) is 0 Å². The molecular weight excluding hydrogens is 384 g/mol. The van der Waals surface area contributed by atoms with Gasteiger partial charge in [0.15, 0.2) is 0 Å². The van der Waals surface area contributed by atoms with E-state index >= 15 is 0 Å². The van der Waals surface area contributed by atoms with Crippen LogP contribution in [0.2, 0.25) is 5.02 Å². The van der Waals surface area contributed by atoms with Gasteiger partial charge in [-0.3, -0.25) is 4.79 Å². The Balaban J connectivity index is 1.43. The van der Waals surface area contributed by atoms with Gasteiger partial charge in [-0.2, -0.15) is 4.31 Å². The summed E-state index contributed by atoms with van der Waals surface area (Å²) in [6.45, 7) is 0.718. The SMILES string of the molecule is O=C(NC1CCN(S(=O)(=O)c2ccccc2)C1)C1(c2ccc(Cl)cc2)CC1. The molecule has 2 aromatic rings. The Hall–Kier alpha value is -1.89. The molecule has 2 aliphatic rings. The average Bonchev–Trinajstić information content (AvgIpc) is 3.35. The Morgan fingerprint density at radius 3 is 2.37 bits per heavy atom. The summed E-state index contributed by atoms with van der Waals surface area (Å²) in [5.41, 5.74) is 0.479. The van der Waals surface area contributed by atoms with Gasteiger partial charge >= 0.3 is 0 Å². The summed E-state index contributed by atoms with van der Waals surface area (Å²) in [6, 6.07) is 15.6. The van der Waals surface area contributed by atoms with Crippen LogP contribution in [0.15, 0.2) is 59.5 Å². The van der Waals surface area contributed by atoms with Crippen LogP contribution in [0.3, 0.4) is 0 Å². The number of carbonyl (C=O) groups is 1. The van der Waals surface area contributed by atoms with Crippen molar-refractivity contribution in [1.29, 1.82) is 0 Å². The highest BCUT2D eigenvalue weighted by atomic mass is 35.5. The van der Waals surface area contributed by atoms with Gasteiger partial charge in [0.05, 0.1) is 10.3 Å².